The van der Waals surface area contributed by atoms with Gasteiger partial charge in [-0.15, -0.1) is 0 Å². The number of hydrogen-bond donors (Lipinski definition) is 1. The van der Waals surface area contributed by atoms with Crippen molar-refractivity contribution in [2.75, 3.05) is 0 Å². The van der Waals surface area contributed by atoms with E-state index >= 15 is 0 Å². The topological polar surface area (TPSA) is 46.5 Å². The van der Waals surface area contributed by atoms with Crippen LogP contribution in [0.25, 0.3) is 0 Å². The van der Waals surface area contributed by atoms with E-state index in [0.29, 0.717) is 17.8 Å². The number of esters is 1. The number of rotatable bonds is 2. The van der Waals surface area contributed by atoms with Crippen LogP contribution in [0.2, 0.25) is 0 Å². The first-order valence-corrected chi connectivity index (χ1v) is 10.9. The Bertz CT molecular complexity index is 547. The monoisotopic (exact) mass is 344 g/mol. The van der Waals surface area contributed by atoms with Crippen molar-refractivity contribution >= 4 is 5.97 Å². The van der Waals surface area contributed by atoms with Crippen LogP contribution in [-0.2, 0) is 9.53 Å². The van der Waals surface area contributed by atoms with Gasteiger partial charge in [-0.2, -0.15) is 0 Å². The average molecular weight is 344 g/mol. The fraction of sp³-hybridized carbons (Fsp3) is 0.955. The van der Waals surface area contributed by atoms with Gasteiger partial charge in [0.1, 0.15) is 11.7 Å². The number of ether oxygens (including phenoxy) is 1. The Hall–Kier alpha value is -0.570. The first-order valence-electron chi connectivity index (χ1n) is 10.9. The van der Waals surface area contributed by atoms with Gasteiger partial charge >= 0.3 is 5.97 Å². The molecular formula is C22H32O3. The van der Waals surface area contributed by atoms with Crippen LogP contribution >= 0.6 is 0 Å². The molecule has 0 aromatic carbocycles. The zero-order valence-electron chi connectivity index (χ0n) is 15.3. The van der Waals surface area contributed by atoms with E-state index in [1.807, 2.05) is 0 Å². The van der Waals surface area contributed by atoms with Crippen molar-refractivity contribution in [1.29, 1.82) is 0 Å². The lowest BCUT2D eigenvalue weighted by Crippen LogP contribution is -2.54. The fourth-order valence-corrected chi connectivity index (χ4v) is 8.87. The molecule has 2 unspecified atom stereocenters. The molecule has 8 aliphatic carbocycles. The quantitative estimate of drug-likeness (QED) is 0.768. The fourth-order valence-electron chi connectivity index (χ4n) is 8.87. The third kappa shape index (κ3) is 2.30. The number of aliphatic hydroxyl groups is 1. The lowest BCUT2D eigenvalue weighted by molar-refractivity contribution is -0.195. The Balaban J connectivity index is 1.25. The van der Waals surface area contributed by atoms with Gasteiger partial charge in [-0.1, -0.05) is 0 Å². The normalized spacial score (nSPS) is 58.4. The second-order valence-electron chi connectivity index (χ2n) is 11.1. The summed E-state index contributed by atoms with van der Waals surface area (Å²) in [6.45, 7) is 0. The standard InChI is InChI=1S/C22H32O3/c23-20(21-8-14-3-15(9-21)5-16(4-14)10-21)25-19-7-13-1-17-6-18(2-13)12-22(19,24)11-17/h13-19,24H,1-12H2/t13?,14?,15?,16?,17?,18?,19-,21?,22?/m0/s1. The van der Waals surface area contributed by atoms with Crippen LogP contribution < -0.4 is 0 Å². The summed E-state index contributed by atoms with van der Waals surface area (Å²) >= 11 is 0. The van der Waals surface area contributed by atoms with Crippen LogP contribution in [-0.4, -0.2) is 22.8 Å². The lowest BCUT2D eigenvalue weighted by atomic mass is 9.49. The van der Waals surface area contributed by atoms with Crippen LogP contribution in [0.5, 0.6) is 0 Å². The molecule has 8 bridgehead atoms. The molecule has 3 atom stereocenters. The van der Waals surface area contributed by atoms with E-state index in [2.05, 4.69) is 0 Å². The van der Waals surface area contributed by atoms with E-state index in [1.165, 1.54) is 38.5 Å². The van der Waals surface area contributed by atoms with Gasteiger partial charge in [0.05, 0.1) is 5.41 Å². The van der Waals surface area contributed by atoms with E-state index in [-0.39, 0.29) is 17.5 Å². The van der Waals surface area contributed by atoms with Crippen LogP contribution in [0.15, 0.2) is 0 Å². The predicted octanol–water partition coefficient (Wildman–Crippen LogP) is 4.08. The Morgan fingerprint density at radius 3 is 1.64 bits per heavy atom. The van der Waals surface area contributed by atoms with Gasteiger partial charge in [0.25, 0.3) is 0 Å². The molecule has 0 spiro atoms. The SMILES string of the molecule is O=C(O[C@H]1CC2CC3CC(C2)CC1(O)C3)C12CC3CC(CC(C3)C1)C2. The summed E-state index contributed by atoms with van der Waals surface area (Å²) in [5, 5.41) is 11.4. The maximum absolute atomic E-state index is 13.4. The highest BCUT2D eigenvalue weighted by molar-refractivity contribution is 5.78. The highest BCUT2D eigenvalue weighted by Crippen LogP contribution is 2.61. The molecule has 8 fully saturated rings. The highest BCUT2D eigenvalue weighted by atomic mass is 16.6. The Morgan fingerprint density at radius 1 is 0.680 bits per heavy atom. The third-order valence-corrected chi connectivity index (χ3v) is 9.15. The minimum atomic E-state index is -0.725. The largest absolute Gasteiger partial charge is 0.459 e. The van der Waals surface area contributed by atoms with Gasteiger partial charge < -0.3 is 9.84 Å². The van der Waals surface area contributed by atoms with Crippen molar-refractivity contribution in [3.63, 3.8) is 0 Å². The molecule has 3 nitrogen and oxygen atoms in total. The molecule has 1 N–H and O–H groups in total. The summed E-state index contributed by atoms with van der Waals surface area (Å²) in [7, 11) is 0. The molecule has 0 heterocycles. The zero-order chi connectivity index (χ0) is 16.8. The van der Waals surface area contributed by atoms with Gasteiger partial charge in [0.2, 0.25) is 0 Å². The Morgan fingerprint density at radius 2 is 1.12 bits per heavy atom. The lowest BCUT2D eigenvalue weighted by Gasteiger charge is -2.55. The minimum absolute atomic E-state index is 0.0752. The van der Waals surface area contributed by atoms with Crippen molar-refractivity contribution in [2.45, 2.75) is 88.8 Å². The molecule has 0 amide bonds. The second kappa shape index (κ2) is 5.03. The van der Waals surface area contributed by atoms with Crippen LogP contribution in [0, 0.1) is 40.9 Å². The van der Waals surface area contributed by atoms with Crippen molar-refractivity contribution in [3.05, 3.63) is 0 Å². The molecule has 138 valence electrons. The number of fused-ring (bicyclic) bond motifs is 1. The van der Waals surface area contributed by atoms with E-state index in [0.717, 1.165) is 56.3 Å². The molecule has 0 saturated heterocycles. The summed E-state index contributed by atoms with van der Waals surface area (Å²) in [4.78, 5) is 13.4. The number of carbonyl (C=O) groups is 1. The average Bonchev–Trinajstić information content (AvgIpc) is 2.65. The first kappa shape index (κ1) is 15.5. The smallest absolute Gasteiger partial charge is 0.312 e. The Labute approximate surface area is 150 Å². The highest BCUT2D eigenvalue weighted by Gasteiger charge is 2.58. The molecule has 0 radical (unpaired) electrons. The summed E-state index contributed by atoms with van der Waals surface area (Å²) in [5.41, 5.74) is -0.911. The van der Waals surface area contributed by atoms with Gasteiger partial charge in [0.15, 0.2) is 0 Å². The van der Waals surface area contributed by atoms with Crippen molar-refractivity contribution < 1.29 is 14.6 Å². The third-order valence-electron chi connectivity index (χ3n) is 9.15. The molecule has 0 aromatic heterocycles. The van der Waals surface area contributed by atoms with Gasteiger partial charge in [0, 0.05) is 0 Å². The van der Waals surface area contributed by atoms with E-state index < -0.39 is 5.60 Å². The van der Waals surface area contributed by atoms with Crippen LogP contribution in [0.3, 0.4) is 0 Å². The number of carbonyl (C=O) groups excluding carboxylic acids is 1. The van der Waals surface area contributed by atoms with Gasteiger partial charge in [-0.25, -0.2) is 0 Å². The first-order chi connectivity index (χ1) is 12.0. The molecule has 0 aromatic rings. The zero-order valence-corrected chi connectivity index (χ0v) is 15.3. The maximum Gasteiger partial charge on any atom is 0.312 e. The molecule has 8 saturated carbocycles. The van der Waals surface area contributed by atoms with E-state index in [9.17, 15) is 9.90 Å². The summed E-state index contributed by atoms with van der Waals surface area (Å²) < 4.78 is 6.25. The molecule has 8 rings (SSSR count). The van der Waals surface area contributed by atoms with Crippen molar-refractivity contribution in [2.24, 2.45) is 40.9 Å². The molecule has 25 heavy (non-hydrogen) atoms. The number of hydrogen-bond acceptors (Lipinski definition) is 3. The molecule has 3 heteroatoms. The Kier molecular flexibility index (Phi) is 3.11. The molecule has 0 aliphatic heterocycles. The van der Waals surface area contributed by atoms with Crippen LogP contribution in [0.1, 0.15) is 77.0 Å². The van der Waals surface area contributed by atoms with E-state index in [1.54, 1.807) is 0 Å². The van der Waals surface area contributed by atoms with Gasteiger partial charge in [-0.3, -0.25) is 4.79 Å². The van der Waals surface area contributed by atoms with Crippen molar-refractivity contribution in [1.82, 2.24) is 0 Å². The minimum Gasteiger partial charge on any atom is -0.459 e. The van der Waals surface area contributed by atoms with Gasteiger partial charge in [-0.05, 0) is 113 Å². The summed E-state index contributed by atoms with van der Waals surface area (Å²) in [5.74, 6) is 4.39. The second-order valence-corrected chi connectivity index (χ2v) is 11.1. The van der Waals surface area contributed by atoms with E-state index in [4.69, 9.17) is 4.74 Å². The molecular weight excluding hydrogens is 312 g/mol. The predicted molar refractivity (Wildman–Crippen MR) is 93.6 cm³/mol. The summed E-state index contributed by atoms with van der Waals surface area (Å²) in [6.07, 6.45) is 13.5. The summed E-state index contributed by atoms with van der Waals surface area (Å²) in [6, 6.07) is 0. The maximum atomic E-state index is 13.4. The van der Waals surface area contributed by atoms with Crippen LogP contribution in [0.4, 0.5) is 0 Å². The molecule has 8 aliphatic rings. The van der Waals surface area contributed by atoms with Crippen molar-refractivity contribution in [3.8, 4) is 0 Å².